The topological polar surface area (TPSA) is 6.48 Å². The third-order valence-corrected chi connectivity index (χ3v) is 12.7. The van der Waals surface area contributed by atoms with Crippen LogP contribution in [-0.2, 0) is 0 Å². The fraction of sp³-hybridized carbons (Fsp3) is 0.522. The number of halogens is 4. The summed E-state index contributed by atoms with van der Waals surface area (Å²) in [5.74, 6) is 0. The van der Waals surface area contributed by atoms with Crippen LogP contribution in [0.2, 0.25) is 0 Å². The minimum absolute atomic E-state index is 1.17. The molecule has 0 saturated heterocycles. The van der Waals surface area contributed by atoms with E-state index >= 15 is 0 Å². The van der Waals surface area contributed by atoms with Crippen LogP contribution in [0, 0.1) is 0 Å². The Labute approximate surface area is 373 Å². The number of hydrogen-bond acceptors (Lipinski definition) is 2. The van der Waals surface area contributed by atoms with Gasteiger partial charge in [-0.3, -0.25) is 0 Å². The summed E-state index contributed by atoms with van der Waals surface area (Å²) in [6.07, 6.45) is 30.3. The first kappa shape index (κ1) is 46.0. The van der Waals surface area contributed by atoms with Gasteiger partial charge in [0.2, 0.25) is 0 Å². The Morgan fingerprint density at radius 2 is 0.500 bits per heavy atom. The van der Waals surface area contributed by atoms with Crippen LogP contribution < -0.4 is 9.80 Å². The molecule has 0 unspecified atom stereocenters. The molecule has 0 atom stereocenters. The molecule has 0 N–H and O–H groups in total. The summed E-state index contributed by atoms with van der Waals surface area (Å²) in [4.78, 5) is 5.26. The molecule has 0 spiro atoms. The number of anilines is 2. The number of rotatable bonds is 30. The van der Waals surface area contributed by atoms with Crippen molar-refractivity contribution in [3.63, 3.8) is 0 Å². The van der Waals surface area contributed by atoms with E-state index in [4.69, 9.17) is 0 Å². The van der Waals surface area contributed by atoms with Gasteiger partial charge in [-0.15, -0.1) is 0 Å². The molecule has 0 amide bonds. The van der Waals surface area contributed by atoms with Gasteiger partial charge in [0.1, 0.15) is 0 Å². The Morgan fingerprint density at radius 3 is 0.731 bits per heavy atom. The van der Waals surface area contributed by atoms with Crippen molar-refractivity contribution in [3.05, 3.63) is 95.1 Å². The third-order valence-electron chi connectivity index (χ3n) is 9.64. The van der Waals surface area contributed by atoms with E-state index in [2.05, 4.69) is 197 Å². The van der Waals surface area contributed by atoms with E-state index in [1.165, 1.54) is 180 Å². The molecule has 0 aliphatic rings. The van der Waals surface area contributed by atoms with Gasteiger partial charge in [-0.05, 0) is 116 Å². The summed E-state index contributed by atoms with van der Waals surface area (Å²) in [6.45, 7) is 4.69. The molecule has 2 nitrogen and oxygen atoms in total. The van der Waals surface area contributed by atoms with Crippen molar-refractivity contribution in [1.82, 2.24) is 0 Å². The van der Waals surface area contributed by atoms with Crippen LogP contribution in [0.1, 0.15) is 125 Å². The maximum atomic E-state index is 2.63. The minimum atomic E-state index is 1.17. The fourth-order valence-electron chi connectivity index (χ4n) is 6.44. The zero-order chi connectivity index (χ0) is 36.9. The number of hydrogen-bond donors (Lipinski definition) is 0. The van der Waals surface area contributed by atoms with Gasteiger partial charge in [-0.25, -0.2) is 0 Å². The van der Waals surface area contributed by atoms with Gasteiger partial charge in [0.05, 0.1) is 0 Å². The van der Waals surface area contributed by atoms with Crippen molar-refractivity contribution in [1.29, 1.82) is 0 Å². The average molecular weight is 1150 g/mol. The van der Waals surface area contributed by atoms with Gasteiger partial charge >= 0.3 is 0 Å². The van der Waals surface area contributed by atoms with E-state index in [1.54, 1.807) is 0 Å². The van der Waals surface area contributed by atoms with Gasteiger partial charge in [-0.2, -0.15) is 0 Å². The summed E-state index contributed by atoms with van der Waals surface area (Å²) in [7, 11) is 0. The number of nitrogens with zero attached hydrogens (tertiary/aromatic N) is 2. The van der Waals surface area contributed by atoms with Crippen LogP contribution in [0.3, 0.4) is 0 Å². The molecule has 0 radical (unpaired) electrons. The van der Waals surface area contributed by atoms with Crippen LogP contribution in [0.25, 0.3) is 24.3 Å². The van der Waals surface area contributed by atoms with E-state index in [0.29, 0.717) is 0 Å². The van der Waals surface area contributed by atoms with Crippen molar-refractivity contribution in [2.45, 2.75) is 103 Å². The zero-order valence-corrected chi connectivity index (χ0v) is 40.2. The first-order valence-electron chi connectivity index (χ1n) is 20.1. The predicted molar refractivity (Wildman–Crippen MR) is 271 cm³/mol. The van der Waals surface area contributed by atoms with E-state index in [-0.39, 0.29) is 0 Å². The lowest BCUT2D eigenvalue weighted by Crippen LogP contribution is -2.25. The maximum absolute atomic E-state index is 2.63. The van der Waals surface area contributed by atoms with Crippen LogP contribution in [-0.4, -0.2) is 43.9 Å². The van der Waals surface area contributed by atoms with Crippen LogP contribution >= 0.6 is 90.4 Å². The summed E-state index contributed by atoms with van der Waals surface area (Å²) in [5.41, 5.74) is 7.72. The molecular weight excluding hydrogens is 1090 g/mol. The molecule has 52 heavy (non-hydrogen) atoms. The normalized spacial score (nSPS) is 11.6. The fourth-order valence-corrected chi connectivity index (χ4v) is 8.60. The first-order valence-corrected chi connectivity index (χ1v) is 26.2. The predicted octanol–water partition coefficient (Wildman–Crippen LogP) is 15.6. The molecular formula is C46H64I4N2. The van der Waals surface area contributed by atoms with Crippen LogP contribution in [0.15, 0.2) is 72.8 Å². The Kier molecular flexibility index (Phi) is 27.3. The van der Waals surface area contributed by atoms with Crippen molar-refractivity contribution in [2.75, 3.05) is 53.7 Å². The highest BCUT2D eigenvalue weighted by molar-refractivity contribution is 14.1. The molecule has 3 aromatic rings. The van der Waals surface area contributed by atoms with Crippen molar-refractivity contribution < 1.29 is 0 Å². The molecule has 0 heterocycles. The average Bonchev–Trinajstić information content (AvgIpc) is 3.18. The molecule has 286 valence electrons. The molecule has 3 rings (SSSR count). The van der Waals surface area contributed by atoms with E-state index in [9.17, 15) is 0 Å². The van der Waals surface area contributed by atoms with Gasteiger partial charge in [0.25, 0.3) is 0 Å². The minimum Gasteiger partial charge on any atom is -0.372 e. The highest BCUT2D eigenvalue weighted by atomic mass is 127. The molecule has 0 aromatic heterocycles. The van der Waals surface area contributed by atoms with Crippen LogP contribution in [0.5, 0.6) is 0 Å². The first-order chi connectivity index (χ1) is 25.7. The quantitative estimate of drug-likeness (QED) is 0.0284. The Balaban J connectivity index is 1.53. The second-order valence-corrected chi connectivity index (χ2v) is 18.2. The molecule has 0 aliphatic carbocycles. The van der Waals surface area contributed by atoms with Gasteiger partial charge in [0, 0.05) is 37.6 Å². The van der Waals surface area contributed by atoms with Gasteiger partial charge in [-0.1, -0.05) is 215 Å². The lowest BCUT2D eigenvalue weighted by Gasteiger charge is -2.25. The third kappa shape index (κ3) is 20.5. The molecule has 0 fully saturated rings. The molecule has 0 saturated carbocycles. The number of unbranched alkanes of at least 4 members (excludes halogenated alkanes) is 12. The lowest BCUT2D eigenvalue weighted by molar-refractivity contribution is 0.612. The summed E-state index contributed by atoms with van der Waals surface area (Å²) < 4.78 is 5.12. The highest BCUT2D eigenvalue weighted by Gasteiger charge is 2.08. The maximum Gasteiger partial charge on any atom is 0.0366 e. The Hall–Kier alpha value is -0.340. The van der Waals surface area contributed by atoms with E-state index in [0.717, 1.165) is 0 Å². The van der Waals surface area contributed by atoms with Crippen molar-refractivity contribution in [3.8, 4) is 0 Å². The largest absolute Gasteiger partial charge is 0.372 e. The SMILES string of the molecule is ICCCCCCN(CCCCCCI)c1ccc(/C=C/c2ccc(/C=C/c3ccc(N(CCCCCCI)CCCCCCI)cc3)cc2)cc1. The second-order valence-electron chi connectivity index (χ2n) is 13.9. The van der Waals surface area contributed by atoms with Gasteiger partial charge in [0.15, 0.2) is 0 Å². The van der Waals surface area contributed by atoms with E-state index < -0.39 is 0 Å². The number of benzene rings is 3. The standard InChI is InChI=1S/C46H64I4N2/c47-33-9-1-5-13-37-51(38-14-6-2-10-34-48)45-29-25-43(26-30-45)23-21-41-17-19-42(20-18-41)22-24-44-27-31-46(32-28-44)52(39-15-7-3-11-35-49)40-16-8-4-12-36-50/h17-32H,1-16,33-40H2/b23-21+,24-22+. The highest BCUT2D eigenvalue weighted by Crippen LogP contribution is 2.22. The lowest BCUT2D eigenvalue weighted by atomic mass is 10.1. The van der Waals surface area contributed by atoms with Crippen LogP contribution in [0.4, 0.5) is 11.4 Å². The molecule has 3 aromatic carbocycles. The molecule has 0 bridgehead atoms. The smallest absolute Gasteiger partial charge is 0.0366 e. The summed E-state index contributed by atoms with van der Waals surface area (Å²) in [5, 5.41) is 0. The summed E-state index contributed by atoms with van der Waals surface area (Å²) >= 11 is 10.0. The Morgan fingerprint density at radius 1 is 0.288 bits per heavy atom. The van der Waals surface area contributed by atoms with E-state index in [1.807, 2.05) is 0 Å². The van der Waals surface area contributed by atoms with Crippen molar-refractivity contribution >= 4 is 126 Å². The van der Waals surface area contributed by atoms with Gasteiger partial charge < -0.3 is 9.80 Å². The molecule has 6 heteroatoms. The second kappa shape index (κ2) is 30.8. The van der Waals surface area contributed by atoms with Crippen molar-refractivity contribution in [2.24, 2.45) is 0 Å². The Bertz CT molecular complexity index is 1210. The molecule has 0 aliphatic heterocycles. The summed E-state index contributed by atoms with van der Waals surface area (Å²) in [6, 6.07) is 27.4. The monoisotopic (exact) mass is 1150 g/mol. The number of alkyl halides is 4. The zero-order valence-electron chi connectivity index (χ0n) is 31.6.